The molecule has 4 nitrogen and oxygen atoms in total. The Morgan fingerprint density at radius 1 is 1.17 bits per heavy atom. The third kappa shape index (κ3) is 3.54. The van der Waals surface area contributed by atoms with Crippen molar-refractivity contribution in [1.29, 1.82) is 0 Å². The first-order valence-corrected chi connectivity index (χ1v) is 7.89. The molecular formula is C18H17ClN2O2. The number of nitrogens with zero attached hydrogens (tertiary/aromatic N) is 2. The summed E-state index contributed by atoms with van der Waals surface area (Å²) >= 11 is 5.93. The number of hydrogen-bond acceptors (Lipinski definition) is 3. The van der Waals surface area contributed by atoms with Gasteiger partial charge in [0.25, 0.3) is 0 Å². The number of carbonyl (C=O) groups excluding carboxylic acids is 1. The van der Waals surface area contributed by atoms with Gasteiger partial charge in [-0.3, -0.25) is 4.79 Å². The van der Waals surface area contributed by atoms with Crippen molar-refractivity contribution in [2.45, 2.75) is 19.9 Å². The first kappa shape index (κ1) is 15.6. The molecular weight excluding hydrogens is 312 g/mol. The summed E-state index contributed by atoms with van der Waals surface area (Å²) in [7, 11) is 0. The van der Waals surface area contributed by atoms with Crippen LogP contribution in [0.25, 0.3) is 11.0 Å². The molecule has 0 saturated heterocycles. The number of hydrogen-bond donors (Lipinski definition) is 0. The maximum Gasteiger partial charge on any atom is 0.326 e. The van der Waals surface area contributed by atoms with Crippen LogP contribution in [0.5, 0.6) is 0 Å². The third-order valence-electron chi connectivity index (χ3n) is 3.60. The van der Waals surface area contributed by atoms with E-state index in [0.717, 1.165) is 22.4 Å². The zero-order chi connectivity index (χ0) is 16.2. The van der Waals surface area contributed by atoms with Gasteiger partial charge < -0.3 is 9.30 Å². The molecule has 0 bridgehead atoms. The molecule has 0 atom stereocenters. The molecule has 2 aromatic carbocycles. The molecule has 0 fully saturated rings. The average Bonchev–Trinajstić information content (AvgIpc) is 2.88. The molecule has 3 rings (SSSR count). The first-order chi connectivity index (χ1) is 11.2. The van der Waals surface area contributed by atoms with E-state index in [-0.39, 0.29) is 12.5 Å². The van der Waals surface area contributed by atoms with Gasteiger partial charge in [-0.25, -0.2) is 4.98 Å². The van der Waals surface area contributed by atoms with Gasteiger partial charge >= 0.3 is 5.97 Å². The minimum atomic E-state index is -0.256. The van der Waals surface area contributed by atoms with E-state index in [9.17, 15) is 4.79 Å². The van der Waals surface area contributed by atoms with Crippen LogP contribution in [0.4, 0.5) is 0 Å². The Kier molecular flexibility index (Phi) is 4.63. The van der Waals surface area contributed by atoms with E-state index in [1.165, 1.54) is 0 Å². The Hall–Kier alpha value is -2.33. The molecule has 0 N–H and O–H groups in total. The van der Waals surface area contributed by atoms with E-state index in [1.807, 2.05) is 53.1 Å². The Morgan fingerprint density at radius 2 is 1.91 bits per heavy atom. The number of rotatable bonds is 5. The number of fused-ring (bicyclic) bond motifs is 1. The van der Waals surface area contributed by atoms with Crippen LogP contribution >= 0.6 is 11.6 Å². The van der Waals surface area contributed by atoms with Gasteiger partial charge in [-0.1, -0.05) is 35.9 Å². The van der Waals surface area contributed by atoms with Crippen molar-refractivity contribution in [2.24, 2.45) is 0 Å². The molecule has 0 aliphatic heterocycles. The molecule has 1 heterocycles. The molecule has 0 spiro atoms. The maximum atomic E-state index is 11.9. The third-order valence-corrected chi connectivity index (χ3v) is 3.85. The van der Waals surface area contributed by atoms with Crippen molar-refractivity contribution in [3.63, 3.8) is 0 Å². The van der Waals surface area contributed by atoms with Gasteiger partial charge in [0, 0.05) is 11.4 Å². The van der Waals surface area contributed by atoms with Crippen molar-refractivity contribution < 1.29 is 9.53 Å². The zero-order valence-corrected chi connectivity index (χ0v) is 13.6. The molecule has 0 amide bonds. The van der Waals surface area contributed by atoms with Gasteiger partial charge in [-0.2, -0.15) is 0 Å². The maximum absolute atomic E-state index is 11.9. The normalized spacial score (nSPS) is 10.9. The predicted molar refractivity (Wildman–Crippen MR) is 90.6 cm³/mol. The number of benzene rings is 2. The quantitative estimate of drug-likeness (QED) is 0.668. The van der Waals surface area contributed by atoms with E-state index in [2.05, 4.69) is 4.98 Å². The monoisotopic (exact) mass is 328 g/mol. The summed E-state index contributed by atoms with van der Waals surface area (Å²) < 4.78 is 7.00. The number of halogens is 1. The summed E-state index contributed by atoms with van der Waals surface area (Å²) in [6, 6.07) is 15.4. The molecule has 23 heavy (non-hydrogen) atoms. The van der Waals surface area contributed by atoms with Crippen LogP contribution in [-0.4, -0.2) is 22.1 Å². The van der Waals surface area contributed by atoms with E-state index < -0.39 is 0 Å². The second-order valence-corrected chi connectivity index (χ2v) is 5.65. The summed E-state index contributed by atoms with van der Waals surface area (Å²) in [4.78, 5) is 16.6. The summed E-state index contributed by atoms with van der Waals surface area (Å²) in [6.07, 6.45) is 0.630. The molecule has 3 aromatic rings. The highest BCUT2D eigenvalue weighted by Crippen LogP contribution is 2.19. The highest BCUT2D eigenvalue weighted by molar-refractivity contribution is 6.30. The van der Waals surface area contributed by atoms with E-state index in [4.69, 9.17) is 16.3 Å². The Morgan fingerprint density at radius 3 is 2.65 bits per heavy atom. The standard InChI is InChI=1S/C18H17ClN2O2/c1-2-23-18(22)12-21-16-6-4-3-5-15(16)20-17(21)11-13-7-9-14(19)10-8-13/h3-10H,2,11-12H2,1H3. The van der Waals surface area contributed by atoms with Gasteiger partial charge in [-0.15, -0.1) is 0 Å². The summed E-state index contributed by atoms with van der Waals surface area (Å²) in [5.41, 5.74) is 2.90. The minimum Gasteiger partial charge on any atom is -0.465 e. The lowest BCUT2D eigenvalue weighted by molar-refractivity contribution is -0.143. The highest BCUT2D eigenvalue weighted by atomic mass is 35.5. The molecule has 0 aliphatic carbocycles. The minimum absolute atomic E-state index is 0.164. The van der Waals surface area contributed by atoms with Crippen LogP contribution in [0, 0.1) is 0 Å². The van der Waals surface area contributed by atoms with Gasteiger partial charge in [0.05, 0.1) is 17.6 Å². The van der Waals surface area contributed by atoms with E-state index in [1.54, 1.807) is 6.92 Å². The van der Waals surface area contributed by atoms with Crippen LogP contribution in [0.2, 0.25) is 5.02 Å². The Bertz CT molecular complexity index is 825. The number of imidazole rings is 1. The number of ether oxygens (including phenoxy) is 1. The summed E-state index contributed by atoms with van der Waals surface area (Å²) in [6.45, 7) is 2.34. The second kappa shape index (κ2) is 6.84. The number of carbonyl (C=O) groups is 1. The Labute approximate surface area is 139 Å². The number of esters is 1. The van der Waals surface area contributed by atoms with Gasteiger partial charge in [0.2, 0.25) is 0 Å². The van der Waals surface area contributed by atoms with Crippen molar-refractivity contribution in [3.8, 4) is 0 Å². The van der Waals surface area contributed by atoms with Gasteiger partial charge in [-0.05, 0) is 36.8 Å². The van der Waals surface area contributed by atoms with Crippen molar-refractivity contribution in [1.82, 2.24) is 9.55 Å². The lowest BCUT2D eigenvalue weighted by Gasteiger charge is -2.09. The Balaban J connectivity index is 1.97. The molecule has 0 unspecified atom stereocenters. The van der Waals surface area contributed by atoms with Crippen LogP contribution in [0.1, 0.15) is 18.3 Å². The molecule has 0 saturated carbocycles. The van der Waals surface area contributed by atoms with E-state index in [0.29, 0.717) is 18.1 Å². The van der Waals surface area contributed by atoms with E-state index >= 15 is 0 Å². The van der Waals surface area contributed by atoms with Crippen molar-refractivity contribution >= 4 is 28.6 Å². The smallest absolute Gasteiger partial charge is 0.326 e. The van der Waals surface area contributed by atoms with Crippen LogP contribution in [-0.2, 0) is 22.5 Å². The molecule has 118 valence electrons. The molecule has 0 aliphatic rings. The average molecular weight is 329 g/mol. The zero-order valence-electron chi connectivity index (χ0n) is 12.8. The number of aromatic nitrogens is 2. The fourth-order valence-corrected chi connectivity index (χ4v) is 2.68. The number of para-hydroxylation sites is 2. The van der Waals surface area contributed by atoms with Crippen LogP contribution in [0.3, 0.4) is 0 Å². The largest absolute Gasteiger partial charge is 0.465 e. The van der Waals surface area contributed by atoms with Gasteiger partial charge in [0.1, 0.15) is 12.4 Å². The molecule has 0 radical (unpaired) electrons. The predicted octanol–water partition coefficient (Wildman–Crippen LogP) is 3.84. The second-order valence-electron chi connectivity index (χ2n) is 5.21. The highest BCUT2D eigenvalue weighted by Gasteiger charge is 2.14. The fraction of sp³-hybridized carbons (Fsp3) is 0.222. The SMILES string of the molecule is CCOC(=O)Cn1c(Cc2ccc(Cl)cc2)nc2ccccc21. The summed E-state index contributed by atoms with van der Waals surface area (Å²) in [5.74, 6) is 0.578. The van der Waals surface area contributed by atoms with Crippen LogP contribution in [0.15, 0.2) is 48.5 Å². The lowest BCUT2D eigenvalue weighted by atomic mass is 10.1. The van der Waals surface area contributed by atoms with Crippen LogP contribution < -0.4 is 0 Å². The first-order valence-electron chi connectivity index (χ1n) is 7.51. The molecule has 5 heteroatoms. The van der Waals surface area contributed by atoms with Crippen molar-refractivity contribution in [3.05, 3.63) is 64.9 Å². The van der Waals surface area contributed by atoms with Crippen molar-refractivity contribution in [2.75, 3.05) is 6.61 Å². The molecule has 1 aromatic heterocycles. The fourth-order valence-electron chi connectivity index (χ4n) is 2.56. The lowest BCUT2D eigenvalue weighted by Crippen LogP contribution is -2.15. The van der Waals surface area contributed by atoms with Gasteiger partial charge in [0.15, 0.2) is 0 Å². The summed E-state index contributed by atoms with van der Waals surface area (Å²) in [5, 5.41) is 0.703. The topological polar surface area (TPSA) is 44.1 Å².